The van der Waals surface area contributed by atoms with Crippen molar-refractivity contribution in [3.8, 4) is 5.75 Å². The number of ether oxygens (including phenoxy) is 1. The van der Waals surface area contributed by atoms with Crippen LogP contribution in [0.1, 0.15) is 37.8 Å². The quantitative estimate of drug-likeness (QED) is 0.881. The average molecular weight is 297 g/mol. The van der Waals surface area contributed by atoms with Crippen LogP contribution in [-0.4, -0.2) is 12.0 Å². The van der Waals surface area contributed by atoms with E-state index >= 15 is 0 Å². The second kappa shape index (κ2) is 7.12. The Kier molecular flexibility index (Phi) is 5.21. The molecule has 0 saturated heterocycles. The van der Waals surface area contributed by atoms with Gasteiger partial charge >= 0.3 is 0 Å². The molecule has 2 aromatic rings. The van der Waals surface area contributed by atoms with Crippen molar-refractivity contribution in [2.75, 3.05) is 5.32 Å². The molecule has 0 unspecified atom stereocenters. The topological polar surface area (TPSA) is 38.3 Å². The maximum atomic E-state index is 12.2. The third kappa shape index (κ3) is 4.35. The van der Waals surface area contributed by atoms with E-state index in [1.54, 1.807) is 6.92 Å². The molecule has 0 aliphatic carbocycles. The van der Waals surface area contributed by atoms with Crippen LogP contribution in [0.4, 0.5) is 5.69 Å². The van der Waals surface area contributed by atoms with Crippen molar-refractivity contribution in [3.63, 3.8) is 0 Å². The van der Waals surface area contributed by atoms with Crippen LogP contribution < -0.4 is 10.1 Å². The summed E-state index contributed by atoms with van der Waals surface area (Å²) in [5, 5.41) is 2.88. The summed E-state index contributed by atoms with van der Waals surface area (Å²) < 4.78 is 5.76. The summed E-state index contributed by atoms with van der Waals surface area (Å²) in [5.41, 5.74) is 3.09. The van der Waals surface area contributed by atoms with Crippen molar-refractivity contribution in [1.29, 1.82) is 0 Å². The highest BCUT2D eigenvalue weighted by molar-refractivity contribution is 5.94. The van der Waals surface area contributed by atoms with Gasteiger partial charge in [0.1, 0.15) is 5.75 Å². The van der Waals surface area contributed by atoms with Crippen LogP contribution in [0.15, 0.2) is 48.5 Å². The Balaban J connectivity index is 2.00. The molecule has 2 aromatic carbocycles. The summed E-state index contributed by atoms with van der Waals surface area (Å²) in [6.07, 6.45) is -0.553. The van der Waals surface area contributed by atoms with Crippen LogP contribution >= 0.6 is 0 Å². The second-order valence-corrected chi connectivity index (χ2v) is 5.85. The predicted molar refractivity (Wildman–Crippen MR) is 90.4 cm³/mol. The normalized spacial score (nSPS) is 12.0. The van der Waals surface area contributed by atoms with E-state index in [4.69, 9.17) is 4.74 Å². The van der Waals surface area contributed by atoms with Gasteiger partial charge in [-0.1, -0.05) is 38.1 Å². The lowest BCUT2D eigenvalue weighted by molar-refractivity contribution is -0.122. The highest BCUT2D eigenvalue weighted by Crippen LogP contribution is 2.21. The molecule has 0 bridgehead atoms. The minimum absolute atomic E-state index is 0.152. The number of hydrogen-bond acceptors (Lipinski definition) is 2. The molecule has 116 valence electrons. The van der Waals surface area contributed by atoms with Gasteiger partial charge in [0.15, 0.2) is 6.10 Å². The molecule has 0 saturated carbocycles. The Morgan fingerprint density at radius 1 is 1.05 bits per heavy atom. The van der Waals surface area contributed by atoms with Gasteiger partial charge in [0, 0.05) is 5.69 Å². The first-order valence-electron chi connectivity index (χ1n) is 7.60. The second-order valence-electron chi connectivity index (χ2n) is 5.85. The molecule has 22 heavy (non-hydrogen) atoms. The lowest BCUT2D eigenvalue weighted by Gasteiger charge is -2.16. The van der Waals surface area contributed by atoms with E-state index in [0.717, 1.165) is 17.0 Å². The van der Waals surface area contributed by atoms with Gasteiger partial charge in [-0.3, -0.25) is 4.79 Å². The number of carbonyl (C=O) groups is 1. The van der Waals surface area contributed by atoms with Crippen LogP contribution in [-0.2, 0) is 4.79 Å². The highest BCUT2D eigenvalue weighted by Gasteiger charge is 2.15. The van der Waals surface area contributed by atoms with E-state index in [1.807, 2.05) is 49.4 Å². The Hall–Kier alpha value is -2.29. The highest BCUT2D eigenvalue weighted by atomic mass is 16.5. The zero-order chi connectivity index (χ0) is 16.1. The third-order valence-corrected chi connectivity index (χ3v) is 3.49. The zero-order valence-electron chi connectivity index (χ0n) is 13.6. The van der Waals surface area contributed by atoms with Crippen molar-refractivity contribution in [1.82, 2.24) is 0 Å². The standard InChI is InChI=1S/C19H23NO2/c1-13(2)16-8-6-10-18(12-16)22-15(4)19(21)20-17-9-5-7-14(3)11-17/h5-13,15H,1-4H3,(H,20,21)/t15-/m0/s1. The van der Waals surface area contributed by atoms with Gasteiger partial charge in [-0.05, 0) is 55.2 Å². The van der Waals surface area contributed by atoms with E-state index in [0.29, 0.717) is 5.92 Å². The molecule has 2 rings (SSSR count). The van der Waals surface area contributed by atoms with Gasteiger partial charge in [-0.2, -0.15) is 0 Å². The fraction of sp³-hybridized carbons (Fsp3) is 0.316. The number of hydrogen-bond donors (Lipinski definition) is 1. The van der Waals surface area contributed by atoms with Gasteiger partial charge in [-0.25, -0.2) is 0 Å². The Bertz CT molecular complexity index is 649. The fourth-order valence-electron chi connectivity index (χ4n) is 2.17. The molecular formula is C19H23NO2. The lowest BCUT2D eigenvalue weighted by atomic mass is 10.0. The largest absolute Gasteiger partial charge is 0.481 e. The van der Waals surface area contributed by atoms with Gasteiger partial charge in [0.25, 0.3) is 5.91 Å². The summed E-state index contributed by atoms with van der Waals surface area (Å²) in [6, 6.07) is 15.6. The molecule has 3 heteroatoms. The summed E-state index contributed by atoms with van der Waals surface area (Å²) in [7, 11) is 0. The van der Waals surface area contributed by atoms with Crippen LogP contribution in [0, 0.1) is 6.92 Å². The van der Waals surface area contributed by atoms with Crippen LogP contribution in [0.3, 0.4) is 0 Å². The third-order valence-electron chi connectivity index (χ3n) is 3.49. The average Bonchev–Trinajstić information content (AvgIpc) is 2.47. The van der Waals surface area contributed by atoms with E-state index in [9.17, 15) is 4.79 Å². The first-order valence-corrected chi connectivity index (χ1v) is 7.60. The van der Waals surface area contributed by atoms with Gasteiger partial charge in [0.05, 0.1) is 0 Å². The molecule has 0 aliphatic rings. The maximum absolute atomic E-state index is 12.2. The SMILES string of the molecule is Cc1cccc(NC(=O)[C@H](C)Oc2cccc(C(C)C)c2)c1. The number of anilines is 1. The predicted octanol–water partition coefficient (Wildman–Crippen LogP) is 4.52. The molecular weight excluding hydrogens is 274 g/mol. The molecule has 1 amide bonds. The summed E-state index contributed by atoms with van der Waals surface area (Å²) in [4.78, 5) is 12.2. The van der Waals surface area contributed by atoms with Crippen LogP contribution in [0.25, 0.3) is 0 Å². The molecule has 0 radical (unpaired) electrons. The first-order chi connectivity index (χ1) is 10.5. The Labute approximate surface area is 132 Å². The van der Waals surface area contributed by atoms with E-state index in [-0.39, 0.29) is 5.91 Å². The first kappa shape index (κ1) is 16.1. The molecule has 0 spiro atoms. The van der Waals surface area contributed by atoms with Crippen molar-refractivity contribution >= 4 is 11.6 Å². The summed E-state index contributed by atoms with van der Waals surface area (Å²) >= 11 is 0. The van der Waals surface area contributed by atoms with Crippen LogP contribution in [0.2, 0.25) is 0 Å². The molecule has 0 aromatic heterocycles. The molecule has 1 atom stereocenters. The summed E-state index contributed by atoms with van der Waals surface area (Å²) in [6.45, 7) is 8.01. The monoisotopic (exact) mass is 297 g/mol. The van der Waals surface area contributed by atoms with Gasteiger partial charge in [-0.15, -0.1) is 0 Å². The van der Waals surface area contributed by atoms with Crippen molar-refractivity contribution in [3.05, 3.63) is 59.7 Å². The van der Waals surface area contributed by atoms with Crippen molar-refractivity contribution in [2.24, 2.45) is 0 Å². The molecule has 0 heterocycles. The number of aryl methyl sites for hydroxylation is 1. The molecule has 0 aliphatic heterocycles. The minimum atomic E-state index is -0.553. The van der Waals surface area contributed by atoms with Crippen LogP contribution in [0.5, 0.6) is 5.75 Å². The smallest absolute Gasteiger partial charge is 0.265 e. The molecule has 1 N–H and O–H groups in total. The Morgan fingerprint density at radius 3 is 2.45 bits per heavy atom. The number of amides is 1. The molecule has 3 nitrogen and oxygen atoms in total. The van der Waals surface area contributed by atoms with E-state index in [1.165, 1.54) is 5.56 Å². The van der Waals surface area contributed by atoms with Crippen molar-refractivity contribution < 1.29 is 9.53 Å². The Morgan fingerprint density at radius 2 is 1.77 bits per heavy atom. The summed E-state index contributed by atoms with van der Waals surface area (Å²) in [5.74, 6) is 0.999. The van der Waals surface area contributed by atoms with Gasteiger partial charge < -0.3 is 10.1 Å². The number of benzene rings is 2. The number of nitrogens with one attached hydrogen (secondary N) is 1. The molecule has 0 fully saturated rings. The minimum Gasteiger partial charge on any atom is -0.481 e. The lowest BCUT2D eigenvalue weighted by Crippen LogP contribution is -2.30. The number of rotatable bonds is 5. The van der Waals surface area contributed by atoms with E-state index in [2.05, 4.69) is 25.2 Å². The zero-order valence-corrected chi connectivity index (χ0v) is 13.6. The number of carbonyl (C=O) groups excluding carboxylic acids is 1. The maximum Gasteiger partial charge on any atom is 0.265 e. The van der Waals surface area contributed by atoms with Gasteiger partial charge in [0.2, 0.25) is 0 Å². The van der Waals surface area contributed by atoms with E-state index < -0.39 is 6.10 Å². The van der Waals surface area contributed by atoms with Crippen molar-refractivity contribution in [2.45, 2.75) is 39.7 Å². The fourth-order valence-corrected chi connectivity index (χ4v) is 2.17.